The van der Waals surface area contributed by atoms with E-state index in [4.69, 9.17) is 4.74 Å². The van der Waals surface area contributed by atoms with Crippen molar-refractivity contribution >= 4 is 28.6 Å². The van der Waals surface area contributed by atoms with Gasteiger partial charge in [-0.25, -0.2) is 4.98 Å². The van der Waals surface area contributed by atoms with Crippen molar-refractivity contribution in [3.63, 3.8) is 0 Å². The number of thiazole rings is 1. The second-order valence-electron chi connectivity index (χ2n) is 5.56. The monoisotopic (exact) mass is 336 g/mol. The Bertz CT molecular complexity index is 603. The zero-order valence-electron chi connectivity index (χ0n) is 12.6. The molecular formula is C16H20N2O2S2. The van der Waals surface area contributed by atoms with Crippen LogP contribution in [0.2, 0.25) is 0 Å². The van der Waals surface area contributed by atoms with Crippen LogP contribution in [0.25, 0.3) is 0 Å². The summed E-state index contributed by atoms with van der Waals surface area (Å²) >= 11 is 3.34. The second-order valence-corrected chi connectivity index (χ2v) is 7.48. The Morgan fingerprint density at radius 2 is 2.27 bits per heavy atom. The van der Waals surface area contributed by atoms with Crippen LogP contribution in [0.1, 0.15) is 34.5 Å². The molecule has 22 heavy (non-hydrogen) atoms. The number of rotatable bonds is 5. The highest BCUT2D eigenvalue weighted by Gasteiger charge is 2.26. The molecule has 1 aliphatic heterocycles. The van der Waals surface area contributed by atoms with Gasteiger partial charge in [-0.2, -0.15) is 0 Å². The van der Waals surface area contributed by atoms with Crippen LogP contribution in [0.15, 0.2) is 22.9 Å². The first-order chi connectivity index (χ1) is 10.7. The number of carbonyl (C=O) groups excluding carboxylic acids is 1. The fourth-order valence-electron chi connectivity index (χ4n) is 2.61. The van der Waals surface area contributed by atoms with E-state index in [-0.39, 0.29) is 17.9 Å². The number of hydrogen-bond acceptors (Lipinski definition) is 5. The molecule has 1 unspecified atom stereocenters. The maximum Gasteiger partial charge on any atom is 0.223 e. The highest BCUT2D eigenvalue weighted by molar-refractivity contribution is 7.10. The Balaban J connectivity index is 1.71. The molecule has 0 bridgehead atoms. The summed E-state index contributed by atoms with van der Waals surface area (Å²) in [4.78, 5) is 18.4. The molecular weight excluding hydrogens is 316 g/mol. The van der Waals surface area contributed by atoms with Crippen LogP contribution >= 0.6 is 22.7 Å². The van der Waals surface area contributed by atoms with Crippen LogP contribution in [0.5, 0.6) is 0 Å². The SMILES string of the molecule is Cc1csc(C(Cc2cccs2)NC(=O)C2CCOCC2)n1. The van der Waals surface area contributed by atoms with E-state index in [1.807, 2.05) is 18.4 Å². The van der Waals surface area contributed by atoms with E-state index in [1.165, 1.54) is 4.88 Å². The Hall–Kier alpha value is -1.24. The topological polar surface area (TPSA) is 51.2 Å². The zero-order chi connectivity index (χ0) is 15.4. The zero-order valence-corrected chi connectivity index (χ0v) is 14.2. The van der Waals surface area contributed by atoms with E-state index in [2.05, 4.69) is 21.7 Å². The van der Waals surface area contributed by atoms with Gasteiger partial charge in [0, 0.05) is 41.5 Å². The van der Waals surface area contributed by atoms with E-state index in [0.29, 0.717) is 13.2 Å². The predicted molar refractivity (Wildman–Crippen MR) is 89.3 cm³/mol. The molecule has 3 heterocycles. The third-order valence-electron chi connectivity index (χ3n) is 3.83. The molecule has 0 spiro atoms. The molecule has 6 heteroatoms. The van der Waals surface area contributed by atoms with Crippen LogP contribution in [-0.4, -0.2) is 24.1 Å². The molecule has 118 valence electrons. The van der Waals surface area contributed by atoms with Gasteiger partial charge in [-0.05, 0) is 31.2 Å². The summed E-state index contributed by atoms with van der Waals surface area (Å²) in [5.74, 6) is 0.207. The third-order valence-corrected chi connectivity index (χ3v) is 5.80. The van der Waals surface area contributed by atoms with Crippen molar-refractivity contribution in [2.24, 2.45) is 5.92 Å². The quantitative estimate of drug-likeness (QED) is 0.911. The summed E-state index contributed by atoms with van der Waals surface area (Å²) in [6, 6.07) is 4.12. The van der Waals surface area contributed by atoms with Gasteiger partial charge in [0.05, 0.1) is 6.04 Å². The van der Waals surface area contributed by atoms with Crippen molar-refractivity contribution in [1.82, 2.24) is 10.3 Å². The van der Waals surface area contributed by atoms with Crippen molar-refractivity contribution in [2.45, 2.75) is 32.2 Å². The van der Waals surface area contributed by atoms with Gasteiger partial charge in [-0.15, -0.1) is 22.7 Å². The number of nitrogens with zero attached hydrogens (tertiary/aromatic N) is 1. The van der Waals surface area contributed by atoms with E-state index in [0.717, 1.165) is 30.0 Å². The summed E-state index contributed by atoms with van der Waals surface area (Å²) in [6.45, 7) is 3.36. The Labute approximate surface area is 138 Å². The lowest BCUT2D eigenvalue weighted by Crippen LogP contribution is -2.37. The Kier molecular flexibility index (Phi) is 5.23. The molecule has 0 radical (unpaired) electrons. The minimum Gasteiger partial charge on any atom is -0.381 e. The number of aryl methyl sites for hydroxylation is 1. The molecule has 4 nitrogen and oxygen atoms in total. The van der Waals surface area contributed by atoms with Crippen LogP contribution < -0.4 is 5.32 Å². The first kappa shape index (κ1) is 15.6. The van der Waals surface area contributed by atoms with Crippen LogP contribution in [-0.2, 0) is 16.0 Å². The van der Waals surface area contributed by atoms with Gasteiger partial charge in [0.25, 0.3) is 0 Å². The number of aromatic nitrogens is 1. The van der Waals surface area contributed by atoms with Gasteiger partial charge in [-0.3, -0.25) is 4.79 Å². The predicted octanol–water partition coefficient (Wildman–Crippen LogP) is 3.34. The van der Waals surface area contributed by atoms with Crippen molar-refractivity contribution in [1.29, 1.82) is 0 Å². The van der Waals surface area contributed by atoms with E-state index in [1.54, 1.807) is 22.7 Å². The van der Waals surface area contributed by atoms with E-state index in [9.17, 15) is 4.79 Å². The standard InChI is InChI=1S/C16H20N2O2S2/c1-11-10-22-16(17-11)14(9-13-3-2-8-21-13)18-15(19)12-4-6-20-7-5-12/h2-3,8,10,12,14H,4-7,9H2,1H3,(H,18,19). The van der Waals surface area contributed by atoms with Crippen LogP contribution in [0, 0.1) is 12.8 Å². The lowest BCUT2D eigenvalue weighted by atomic mass is 9.99. The fourth-order valence-corrected chi connectivity index (χ4v) is 4.21. The average Bonchev–Trinajstić information content (AvgIpc) is 3.19. The van der Waals surface area contributed by atoms with Gasteiger partial charge >= 0.3 is 0 Å². The van der Waals surface area contributed by atoms with Gasteiger partial charge in [0.15, 0.2) is 0 Å². The van der Waals surface area contributed by atoms with Crippen molar-refractivity contribution in [3.05, 3.63) is 38.5 Å². The smallest absolute Gasteiger partial charge is 0.223 e. The van der Waals surface area contributed by atoms with Crippen molar-refractivity contribution in [3.8, 4) is 0 Å². The molecule has 1 aliphatic rings. The largest absolute Gasteiger partial charge is 0.381 e. The Morgan fingerprint density at radius 1 is 1.45 bits per heavy atom. The lowest BCUT2D eigenvalue weighted by molar-refractivity contribution is -0.128. The minimum absolute atomic E-state index is 0.0345. The number of hydrogen-bond donors (Lipinski definition) is 1. The van der Waals surface area contributed by atoms with Crippen LogP contribution in [0.3, 0.4) is 0 Å². The minimum atomic E-state index is -0.0345. The molecule has 3 rings (SSSR count). The number of ether oxygens (including phenoxy) is 1. The molecule has 1 N–H and O–H groups in total. The molecule has 0 aliphatic carbocycles. The molecule has 1 amide bonds. The lowest BCUT2D eigenvalue weighted by Gasteiger charge is -2.24. The highest BCUT2D eigenvalue weighted by atomic mass is 32.1. The summed E-state index contributed by atoms with van der Waals surface area (Å²) in [5.41, 5.74) is 1.01. The van der Waals surface area contributed by atoms with Gasteiger partial charge < -0.3 is 10.1 Å². The summed E-state index contributed by atoms with van der Waals surface area (Å²) in [5, 5.41) is 8.31. The molecule has 1 atom stereocenters. The number of thiophene rings is 1. The number of carbonyl (C=O) groups is 1. The summed E-state index contributed by atoms with van der Waals surface area (Å²) in [6.07, 6.45) is 2.43. The fraction of sp³-hybridized carbons (Fsp3) is 0.500. The summed E-state index contributed by atoms with van der Waals surface area (Å²) < 4.78 is 5.34. The van der Waals surface area contributed by atoms with Crippen molar-refractivity contribution in [2.75, 3.05) is 13.2 Å². The average molecular weight is 336 g/mol. The maximum absolute atomic E-state index is 12.5. The van der Waals surface area contributed by atoms with Crippen molar-refractivity contribution < 1.29 is 9.53 Å². The van der Waals surface area contributed by atoms with Crippen LogP contribution in [0.4, 0.5) is 0 Å². The molecule has 1 saturated heterocycles. The van der Waals surface area contributed by atoms with E-state index >= 15 is 0 Å². The molecule has 1 fully saturated rings. The third kappa shape index (κ3) is 3.94. The number of amides is 1. The van der Waals surface area contributed by atoms with Gasteiger partial charge in [-0.1, -0.05) is 6.07 Å². The summed E-state index contributed by atoms with van der Waals surface area (Å²) in [7, 11) is 0. The Morgan fingerprint density at radius 3 is 2.91 bits per heavy atom. The molecule has 0 aromatic carbocycles. The first-order valence-electron chi connectivity index (χ1n) is 7.55. The number of nitrogens with one attached hydrogen (secondary N) is 1. The molecule has 0 saturated carbocycles. The van der Waals surface area contributed by atoms with E-state index < -0.39 is 0 Å². The van der Waals surface area contributed by atoms with Gasteiger partial charge in [0.2, 0.25) is 5.91 Å². The molecule has 2 aromatic rings. The second kappa shape index (κ2) is 7.35. The highest BCUT2D eigenvalue weighted by Crippen LogP contribution is 2.25. The normalized spacial score (nSPS) is 17.3. The first-order valence-corrected chi connectivity index (χ1v) is 9.31. The van der Waals surface area contributed by atoms with Gasteiger partial charge in [0.1, 0.15) is 5.01 Å². The molecule has 2 aromatic heterocycles. The maximum atomic E-state index is 12.5.